The fourth-order valence-electron chi connectivity index (χ4n) is 1.20. The van der Waals surface area contributed by atoms with Gasteiger partial charge in [-0.2, -0.15) is 0 Å². The number of rotatable bonds is 2. The van der Waals surface area contributed by atoms with Crippen LogP contribution in [0, 0.1) is 6.92 Å². The van der Waals surface area contributed by atoms with Crippen LogP contribution in [0.3, 0.4) is 0 Å². The third kappa shape index (κ3) is 2.36. The second-order valence-electron chi connectivity index (χ2n) is 2.93. The number of hydrogen-bond acceptors (Lipinski definition) is 3. The number of carbonyl (C=O) groups excluding carboxylic acids is 1. The number of carbonyl (C=O) groups is 1. The SMILES string of the molecule is CCOC(=O)c1c(C)cc(Cl)c(Cl)c1O. The molecule has 1 aromatic rings. The van der Waals surface area contributed by atoms with Crippen LogP contribution in [0.15, 0.2) is 6.07 Å². The first-order chi connectivity index (χ1) is 6.99. The molecular formula is C10H10Cl2O3. The Morgan fingerprint density at radius 2 is 2.13 bits per heavy atom. The number of hydrogen-bond donors (Lipinski definition) is 1. The molecule has 0 unspecified atom stereocenters. The number of ether oxygens (including phenoxy) is 1. The van der Waals surface area contributed by atoms with Gasteiger partial charge in [-0.25, -0.2) is 4.79 Å². The van der Waals surface area contributed by atoms with Crippen LogP contribution in [-0.2, 0) is 4.74 Å². The van der Waals surface area contributed by atoms with Crippen molar-refractivity contribution in [1.82, 2.24) is 0 Å². The molecule has 0 bridgehead atoms. The van der Waals surface area contributed by atoms with E-state index in [4.69, 9.17) is 27.9 Å². The first-order valence-electron chi connectivity index (χ1n) is 4.33. The highest BCUT2D eigenvalue weighted by Crippen LogP contribution is 2.36. The van der Waals surface area contributed by atoms with Crippen LogP contribution in [0.4, 0.5) is 0 Å². The van der Waals surface area contributed by atoms with E-state index >= 15 is 0 Å². The Morgan fingerprint density at radius 1 is 1.53 bits per heavy atom. The zero-order valence-corrected chi connectivity index (χ0v) is 9.82. The Morgan fingerprint density at radius 3 is 2.67 bits per heavy atom. The minimum Gasteiger partial charge on any atom is -0.505 e. The summed E-state index contributed by atoms with van der Waals surface area (Å²) in [5.74, 6) is -0.939. The predicted molar refractivity (Wildman–Crippen MR) is 58.8 cm³/mol. The lowest BCUT2D eigenvalue weighted by Gasteiger charge is -2.09. The number of aromatic hydroxyl groups is 1. The minimum absolute atomic E-state index is 0.0367. The summed E-state index contributed by atoms with van der Waals surface area (Å²) in [5.41, 5.74) is 0.589. The summed E-state index contributed by atoms with van der Waals surface area (Å²) in [7, 11) is 0. The number of phenolic OH excluding ortho intramolecular Hbond substituents is 1. The van der Waals surface area contributed by atoms with Crippen molar-refractivity contribution < 1.29 is 14.6 Å². The van der Waals surface area contributed by atoms with Crippen molar-refractivity contribution in [3.63, 3.8) is 0 Å². The van der Waals surface area contributed by atoms with Crippen molar-refractivity contribution in [3.8, 4) is 5.75 Å². The van der Waals surface area contributed by atoms with E-state index in [1.54, 1.807) is 13.8 Å². The van der Waals surface area contributed by atoms with Gasteiger partial charge in [-0.05, 0) is 25.5 Å². The third-order valence-electron chi connectivity index (χ3n) is 1.87. The highest BCUT2D eigenvalue weighted by molar-refractivity contribution is 6.43. The normalized spacial score (nSPS) is 10.1. The van der Waals surface area contributed by atoms with Crippen molar-refractivity contribution in [2.45, 2.75) is 13.8 Å². The van der Waals surface area contributed by atoms with Crippen LogP contribution in [0.5, 0.6) is 5.75 Å². The molecule has 82 valence electrons. The van der Waals surface area contributed by atoms with E-state index in [0.29, 0.717) is 5.56 Å². The molecule has 1 aromatic carbocycles. The number of benzene rings is 1. The molecule has 0 aliphatic carbocycles. The standard InChI is InChI=1S/C10H10Cl2O3/c1-3-15-10(14)7-5(2)4-6(11)8(12)9(7)13/h4,13H,3H2,1-2H3. The summed E-state index contributed by atoms with van der Waals surface area (Å²) in [6, 6.07) is 1.51. The first kappa shape index (κ1) is 12.1. The maximum absolute atomic E-state index is 11.5. The molecule has 0 amide bonds. The highest BCUT2D eigenvalue weighted by atomic mass is 35.5. The second-order valence-corrected chi connectivity index (χ2v) is 3.72. The molecule has 0 saturated heterocycles. The summed E-state index contributed by atoms with van der Waals surface area (Å²) in [5, 5.41) is 9.81. The van der Waals surface area contributed by atoms with E-state index in [-0.39, 0.29) is 28.0 Å². The molecule has 0 saturated carbocycles. The van der Waals surface area contributed by atoms with Crippen LogP contribution in [0.25, 0.3) is 0 Å². The molecule has 0 heterocycles. The van der Waals surface area contributed by atoms with Gasteiger partial charge in [0, 0.05) is 0 Å². The largest absolute Gasteiger partial charge is 0.505 e. The molecule has 0 fully saturated rings. The predicted octanol–water partition coefficient (Wildman–Crippen LogP) is 3.18. The Kier molecular flexibility index (Phi) is 3.83. The van der Waals surface area contributed by atoms with Gasteiger partial charge in [0.1, 0.15) is 10.6 Å². The van der Waals surface area contributed by atoms with Gasteiger partial charge in [0.05, 0.1) is 11.6 Å². The third-order valence-corrected chi connectivity index (χ3v) is 2.65. The van der Waals surface area contributed by atoms with Crippen LogP contribution in [0.1, 0.15) is 22.8 Å². The number of aryl methyl sites for hydroxylation is 1. The Hall–Kier alpha value is -0.930. The van der Waals surface area contributed by atoms with Gasteiger partial charge in [-0.1, -0.05) is 23.2 Å². The van der Waals surface area contributed by atoms with Gasteiger partial charge in [-0.15, -0.1) is 0 Å². The minimum atomic E-state index is -0.605. The molecule has 1 rings (SSSR count). The topological polar surface area (TPSA) is 46.5 Å². The van der Waals surface area contributed by atoms with Crippen molar-refractivity contribution in [1.29, 1.82) is 0 Å². The van der Waals surface area contributed by atoms with Gasteiger partial charge in [-0.3, -0.25) is 0 Å². The maximum Gasteiger partial charge on any atom is 0.342 e. The molecule has 15 heavy (non-hydrogen) atoms. The molecule has 0 atom stereocenters. The van der Waals surface area contributed by atoms with Crippen molar-refractivity contribution >= 4 is 29.2 Å². The molecule has 0 radical (unpaired) electrons. The van der Waals surface area contributed by atoms with Crippen LogP contribution < -0.4 is 0 Å². The van der Waals surface area contributed by atoms with E-state index in [2.05, 4.69) is 0 Å². The molecular weight excluding hydrogens is 239 g/mol. The summed E-state index contributed by atoms with van der Waals surface area (Å²) < 4.78 is 4.78. The van der Waals surface area contributed by atoms with E-state index in [1.165, 1.54) is 6.07 Å². The van der Waals surface area contributed by atoms with E-state index in [9.17, 15) is 9.90 Å². The van der Waals surface area contributed by atoms with Crippen molar-refractivity contribution in [2.75, 3.05) is 6.61 Å². The number of esters is 1. The van der Waals surface area contributed by atoms with Crippen molar-refractivity contribution in [2.24, 2.45) is 0 Å². The summed E-state index contributed by atoms with van der Waals surface area (Å²) in [6.45, 7) is 3.56. The Bertz CT molecular complexity index is 402. The van der Waals surface area contributed by atoms with Gasteiger partial charge in [0.2, 0.25) is 0 Å². The summed E-state index contributed by atoms with van der Waals surface area (Å²) in [4.78, 5) is 11.5. The van der Waals surface area contributed by atoms with Crippen LogP contribution in [0.2, 0.25) is 10.0 Å². The fraction of sp³-hybridized carbons (Fsp3) is 0.300. The molecule has 1 N–H and O–H groups in total. The number of halogens is 2. The molecule has 0 aromatic heterocycles. The fourth-order valence-corrected chi connectivity index (χ4v) is 1.60. The van der Waals surface area contributed by atoms with E-state index in [0.717, 1.165) is 0 Å². The van der Waals surface area contributed by atoms with Crippen LogP contribution >= 0.6 is 23.2 Å². The van der Waals surface area contributed by atoms with Gasteiger partial charge in [0.25, 0.3) is 0 Å². The summed E-state index contributed by atoms with van der Waals surface area (Å²) in [6.07, 6.45) is 0. The first-order valence-corrected chi connectivity index (χ1v) is 5.09. The zero-order valence-electron chi connectivity index (χ0n) is 8.30. The summed E-state index contributed by atoms with van der Waals surface area (Å²) >= 11 is 11.4. The monoisotopic (exact) mass is 248 g/mol. The van der Waals surface area contributed by atoms with Gasteiger partial charge >= 0.3 is 5.97 Å². The van der Waals surface area contributed by atoms with E-state index < -0.39 is 5.97 Å². The Labute approximate surface area is 97.6 Å². The second kappa shape index (κ2) is 4.73. The average molecular weight is 249 g/mol. The molecule has 3 nitrogen and oxygen atoms in total. The number of phenols is 1. The molecule has 5 heteroatoms. The lowest BCUT2D eigenvalue weighted by Crippen LogP contribution is -2.07. The van der Waals surface area contributed by atoms with Gasteiger partial charge < -0.3 is 9.84 Å². The smallest absolute Gasteiger partial charge is 0.342 e. The Balaban J connectivity index is 3.29. The molecule has 0 spiro atoms. The quantitative estimate of drug-likeness (QED) is 0.818. The van der Waals surface area contributed by atoms with Gasteiger partial charge in [0.15, 0.2) is 5.75 Å². The highest BCUT2D eigenvalue weighted by Gasteiger charge is 2.20. The molecule has 0 aliphatic rings. The lowest BCUT2D eigenvalue weighted by molar-refractivity contribution is 0.0522. The lowest BCUT2D eigenvalue weighted by atomic mass is 10.1. The maximum atomic E-state index is 11.5. The van der Waals surface area contributed by atoms with Crippen molar-refractivity contribution in [3.05, 3.63) is 27.2 Å². The molecule has 0 aliphatic heterocycles. The average Bonchev–Trinajstić information content (AvgIpc) is 2.15. The zero-order chi connectivity index (χ0) is 11.6. The van der Waals surface area contributed by atoms with Crippen LogP contribution in [-0.4, -0.2) is 17.7 Å². The van der Waals surface area contributed by atoms with E-state index in [1.807, 2.05) is 0 Å².